The van der Waals surface area contributed by atoms with Crippen LogP contribution < -0.4 is 11.1 Å². The number of aryl methyl sites for hydroxylation is 1. The quantitative estimate of drug-likeness (QED) is 0.686. The van der Waals surface area contributed by atoms with Gasteiger partial charge in [0.25, 0.3) is 0 Å². The topological polar surface area (TPSA) is 84.1 Å². The molecule has 0 saturated carbocycles. The molecular formula is C10H18N4O. The minimum Gasteiger partial charge on any atom is -0.393 e. The van der Waals surface area contributed by atoms with Crippen LogP contribution in [-0.2, 0) is 0 Å². The molecule has 0 aliphatic heterocycles. The molecule has 5 nitrogen and oxygen atoms in total. The average Bonchev–Trinajstić information content (AvgIpc) is 2.12. The van der Waals surface area contributed by atoms with Gasteiger partial charge in [0.1, 0.15) is 17.5 Å². The third kappa shape index (κ3) is 3.36. The summed E-state index contributed by atoms with van der Waals surface area (Å²) < 4.78 is 0. The zero-order valence-electron chi connectivity index (χ0n) is 9.41. The van der Waals surface area contributed by atoms with Crippen LogP contribution in [0.2, 0.25) is 0 Å². The Morgan fingerprint density at radius 3 is 2.67 bits per heavy atom. The predicted molar refractivity (Wildman–Crippen MR) is 60.7 cm³/mol. The third-order valence-electron chi connectivity index (χ3n) is 2.15. The van der Waals surface area contributed by atoms with Gasteiger partial charge in [-0.3, -0.25) is 0 Å². The van der Waals surface area contributed by atoms with Crippen molar-refractivity contribution >= 4 is 11.6 Å². The predicted octanol–water partition coefficient (Wildman–Crippen LogP) is 0.858. The van der Waals surface area contributed by atoms with Crippen molar-refractivity contribution in [2.75, 3.05) is 17.6 Å². The molecule has 15 heavy (non-hydrogen) atoms. The summed E-state index contributed by atoms with van der Waals surface area (Å²) in [4.78, 5) is 8.30. The number of nitrogen functional groups attached to an aromatic ring is 1. The molecular weight excluding hydrogens is 192 g/mol. The van der Waals surface area contributed by atoms with Crippen LogP contribution in [0.1, 0.15) is 24.7 Å². The van der Waals surface area contributed by atoms with Crippen LogP contribution in [0.3, 0.4) is 0 Å². The number of nitrogens with zero attached hydrogens (tertiary/aromatic N) is 2. The van der Waals surface area contributed by atoms with E-state index in [2.05, 4.69) is 15.3 Å². The lowest BCUT2D eigenvalue weighted by molar-refractivity contribution is 0.188. The number of nitrogens with one attached hydrogen (secondary N) is 1. The van der Waals surface area contributed by atoms with E-state index in [0.717, 1.165) is 11.4 Å². The van der Waals surface area contributed by atoms with Crippen LogP contribution in [0.4, 0.5) is 11.6 Å². The van der Waals surface area contributed by atoms with Crippen molar-refractivity contribution in [2.45, 2.75) is 33.3 Å². The van der Waals surface area contributed by atoms with Crippen molar-refractivity contribution in [1.82, 2.24) is 9.97 Å². The minimum atomic E-state index is -0.307. The molecule has 0 saturated heterocycles. The van der Waals surface area contributed by atoms with Gasteiger partial charge in [0.15, 0.2) is 0 Å². The van der Waals surface area contributed by atoms with Crippen LogP contribution in [0.15, 0.2) is 0 Å². The summed E-state index contributed by atoms with van der Waals surface area (Å²) in [6.45, 7) is 6.11. The Hall–Kier alpha value is -1.36. The zero-order valence-corrected chi connectivity index (χ0v) is 9.41. The number of aliphatic hydroxyl groups is 1. The summed E-state index contributed by atoms with van der Waals surface area (Å²) in [5.74, 6) is 1.90. The molecule has 0 spiro atoms. The number of anilines is 2. The molecule has 0 bridgehead atoms. The van der Waals surface area contributed by atoms with E-state index in [1.165, 1.54) is 0 Å². The monoisotopic (exact) mass is 210 g/mol. The number of hydrogen-bond acceptors (Lipinski definition) is 5. The normalized spacial score (nSPS) is 12.5. The summed E-state index contributed by atoms with van der Waals surface area (Å²) in [5.41, 5.74) is 6.57. The van der Waals surface area contributed by atoms with Gasteiger partial charge in [-0.1, -0.05) is 0 Å². The number of nitrogens with two attached hydrogens (primary N) is 1. The number of rotatable bonds is 4. The van der Waals surface area contributed by atoms with Crippen LogP contribution in [-0.4, -0.2) is 27.7 Å². The zero-order chi connectivity index (χ0) is 11.4. The molecule has 1 heterocycles. The van der Waals surface area contributed by atoms with Gasteiger partial charge in [0, 0.05) is 12.1 Å². The van der Waals surface area contributed by atoms with Crippen molar-refractivity contribution in [3.63, 3.8) is 0 Å². The van der Waals surface area contributed by atoms with Crippen molar-refractivity contribution in [2.24, 2.45) is 0 Å². The molecule has 1 aromatic rings. The van der Waals surface area contributed by atoms with Crippen molar-refractivity contribution < 1.29 is 5.11 Å². The van der Waals surface area contributed by atoms with Crippen LogP contribution in [0.25, 0.3) is 0 Å². The Balaban J connectivity index is 2.68. The van der Waals surface area contributed by atoms with Crippen LogP contribution in [0.5, 0.6) is 0 Å². The van der Waals surface area contributed by atoms with E-state index in [4.69, 9.17) is 10.8 Å². The average molecular weight is 210 g/mol. The molecule has 1 aromatic heterocycles. The Morgan fingerprint density at radius 2 is 2.07 bits per heavy atom. The fraction of sp³-hybridized carbons (Fsp3) is 0.600. The van der Waals surface area contributed by atoms with Gasteiger partial charge >= 0.3 is 0 Å². The van der Waals surface area contributed by atoms with E-state index >= 15 is 0 Å². The smallest absolute Gasteiger partial charge is 0.134 e. The summed E-state index contributed by atoms with van der Waals surface area (Å²) >= 11 is 0. The fourth-order valence-electron chi connectivity index (χ4n) is 1.22. The second kappa shape index (κ2) is 4.93. The van der Waals surface area contributed by atoms with E-state index in [1.54, 1.807) is 13.8 Å². The van der Waals surface area contributed by atoms with Crippen LogP contribution >= 0.6 is 0 Å². The molecule has 1 unspecified atom stereocenters. The third-order valence-corrected chi connectivity index (χ3v) is 2.15. The Kier molecular flexibility index (Phi) is 3.85. The van der Waals surface area contributed by atoms with Crippen molar-refractivity contribution in [3.8, 4) is 0 Å². The SMILES string of the molecule is Cc1nc(N)c(C)c(NCCC(C)O)n1. The van der Waals surface area contributed by atoms with Gasteiger partial charge < -0.3 is 16.2 Å². The fourth-order valence-corrected chi connectivity index (χ4v) is 1.22. The highest BCUT2D eigenvalue weighted by Crippen LogP contribution is 2.16. The first kappa shape index (κ1) is 11.7. The van der Waals surface area contributed by atoms with Gasteiger partial charge in [-0.05, 0) is 27.2 Å². The molecule has 0 aliphatic carbocycles. The first-order valence-electron chi connectivity index (χ1n) is 5.03. The lowest BCUT2D eigenvalue weighted by Crippen LogP contribution is -2.13. The lowest BCUT2D eigenvalue weighted by Gasteiger charge is -2.11. The van der Waals surface area contributed by atoms with Gasteiger partial charge in [0.2, 0.25) is 0 Å². The van der Waals surface area contributed by atoms with Gasteiger partial charge in [-0.2, -0.15) is 0 Å². The van der Waals surface area contributed by atoms with Gasteiger partial charge in [0.05, 0.1) is 6.10 Å². The van der Waals surface area contributed by atoms with E-state index < -0.39 is 0 Å². The first-order valence-corrected chi connectivity index (χ1v) is 5.03. The molecule has 0 aliphatic rings. The highest BCUT2D eigenvalue weighted by Gasteiger charge is 2.06. The molecule has 0 fully saturated rings. The van der Waals surface area contributed by atoms with Crippen molar-refractivity contribution in [1.29, 1.82) is 0 Å². The molecule has 5 heteroatoms. The standard InChI is InChI=1S/C10H18N4O/c1-6(15)4-5-12-10-7(2)9(11)13-8(3)14-10/h6,15H,4-5H2,1-3H3,(H3,11,12,13,14). The van der Waals surface area contributed by atoms with Crippen LogP contribution in [0, 0.1) is 13.8 Å². The minimum absolute atomic E-state index is 0.307. The first-order chi connectivity index (χ1) is 7.00. The summed E-state index contributed by atoms with van der Waals surface area (Å²) in [7, 11) is 0. The van der Waals surface area contributed by atoms with E-state index in [0.29, 0.717) is 24.6 Å². The Bertz CT molecular complexity index is 338. The molecule has 0 aromatic carbocycles. The Morgan fingerprint density at radius 1 is 1.40 bits per heavy atom. The van der Waals surface area contributed by atoms with E-state index in [-0.39, 0.29) is 6.10 Å². The highest BCUT2D eigenvalue weighted by molar-refractivity contribution is 5.54. The molecule has 1 atom stereocenters. The maximum Gasteiger partial charge on any atom is 0.134 e. The van der Waals surface area contributed by atoms with Gasteiger partial charge in [-0.15, -0.1) is 0 Å². The summed E-state index contributed by atoms with van der Waals surface area (Å²) in [6, 6.07) is 0. The number of hydrogen-bond donors (Lipinski definition) is 3. The van der Waals surface area contributed by atoms with Crippen molar-refractivity contribution in [3.05, 3.63) is 11.4 Å². The lowest BCUT2D eigenvalue weighted by atomic mass is 10.2. The number of aromatic nitrogens is 2. The number of aliphatic hydroxyl groups excluding tert-OH is 1. The van der Waals surface area contributed by atoms with E-state index in [1.807, 2.05) is 6.92 Å². The molecule has 1 rings (SSSR count). The van der Waals surface area contributed by atoms with Gasteiger partial charge in [-0.25, -0.2) is 9.97 Å². The maximum absolute atomic E-state index is 9.11. The second-order valence-electron chi connectivity index (χ2n) is 3.69. The van der Waals surface area contributed by atoms with E-state index in [9.17, 15) is 0 Å². The highest BCUT2D eigenvalue weighted by atomic mass is 16.3. The summed E-state index contributed by atoms with van der Waals surface area (Å²) in [5, 5.41) is 12.2. The molecule has 84 valence electrons. The molecule has 4 N–H and O–H groups in total. The maximum atomic E-state index is 9.11. The summed E-state index contributed by atoms with van der Waals surface area (Å²) in [6.07, 6.45) is 0.376. The Labute approximate surface area is 89.7 Å². The molecule has 0 amide bonds. The second-order valence-corrected chi connectivity index (χ2v) is 3.69. The largest absolute Gasteiger partial charge is 0.393 e. The molecule has 0 radical (unpaired) electrons.